The number of nitrogens with two attached hydrogens (primary N) is 1. The number of hydrogen-bond donors (Lipinski definition) is 1. The fraction of sp³-hybridized carbons (Fsp3) is 0.800. The molecule has 1 unspecified atom stereocenters. The molecule has 1 saturated heterocycles. The van der Waals surface area contributed by atoms with E-state index in [1.54, 1.807) is 0 Å². The van der Waals surface area contributed by atoms with Crippen molar-refractivity contribution in [3.63, 3.8) is 0 Å². The van der Waals surface area contributed by atoms with Gasteiger partial charge in [-0.15, -0.1) is 0 Å². The minimum Gasteiger partial charge on any atom is -0.381 e. The van der Waals surface area contributed by atoms with Crippen LogP contribution in [0.15, 0.2) is 12.2 Å². The summed E-state index contributed by atoms with van der Waals surface area (Å²) in [5.41, 5.74) is 6.01. The molecular weight excluding hydrogens is 150 g/mol. The third-order valence-corrected chi connectivity index (χ3v) is 2.62. The summed E-state index contributed by atoms with van der Waals surface area (Å²) in [5.74, 6) is 0. The molecule has 70 valence electrons. The van der Waals surface area contributed by atoms with Crippen LogP contribution in [0, 0.1) is 5.41 Å². The van der Waals surface area contributed by atoms with Crippen molar-refractivity contribution >= 4 is 0 Å². The van der Waals surface area contributed by atoms with Gasteiger partial charge in [-0.05, 0) is 26.2 Å². The molecule has 1 rings (SSSR count). The molecule has 0 aromatic rings. The quantitative estimate of drug-likeness (QED) is 0.653. The Bertz CT molecular complexity index is 148. The molecular formula is C10H19NO. The fourth-order valence-corrected chi connectivity index (χ4v) is 1.68. The van der Waals surface area contributed by atoms with Crippen LogP contribution in [0.1, 0.15) is 26.2 Å². The van der Waals surface area contributed by atoms with E-state index in [9.17, 15) is 0 Å². The van der Waals surface area contributed by atoms with Crippen molar-refractivity contribution in [2.24, 2.45) is 11.1 Å². The van der Waals surface area contributed by atoms with E-state index >= 15 is 0 Å². The first-order valence-electron chi connectivity index (χ1n) is 4.72. The van der Waals surface area contributed by atoms with E-state index in [1.165, 1.54) is 6.42 Å². The van der Waals surface area contributed by atoms with Crippen LogP contribution in [0.5, 0.6) is 0 Å². The van der Waals surface area contributed by atoms with E-state index in [0.29, 0.717) is 0 Å². The van der Waals surface area contributed by atoms with Gasteiger partial charge in [0.15, 0.2) is 0 Å². The van der Waals surface area contributed by atoms with Crippen LogP contribution in [0.25, 0.3) is 0 Å². The van der Waals surface area contributed by atoms with Gasteiger partial charge in [-0.3, -0.25) is 0 Å². The molecule has 1 aliphatic rings. The molecule has 1 atom stereocenters. The summed E-state index contributed by atoms with van der Waals surface area (Å²) in [5, 5.41) is 0. The van der Waals surface area contributed by atoms with Crippen LogP contribution >= 0.6 is 0 Å². The molecule has 1 heterocycles. The lowest BCUT2D eigenvalue weighted by molar-refractivity contribution is -0.00121. The Kier molecular flexibility index (Phi) is 3.76. The largest absolute Gasteiger partial charge is 0.381 e. The molecule has 0 aliphatic carbocycles. The van der Waals surface area contributed by atoms with E-state index in [-0.39, 0.29) is 5.41 Å². The second-order valence-corrected chi connectivity index (χ2v) is 3.63. The summed E-state index contributed by atoms with van der Waals surface area (Å²) in [6, 6.07) is 0. The van der Waals surface area contributed by atoms with Crippen LogP contribution in [0.2, 0.25) is 0 Å². The fourth-order valence-electron chi connectivity index (χ4n) is 1.68. The SMILES string of the molecule is C/C=C/CC1(CN)CCCOC1. The predicted octanol–water partition coefficient (Wildman–Crippen LogP) is 1.71. The third kappa shape index (κ3) is 2.32. The van der Waals surface area contributed by atoms with Crippen molar-refractivity contribution in [2.45, 2.75) is 26.2 Å². The van der Waals surface area contributed by atoms with E-state index in [1.807, 2.05) is 6.92 Å². The first kappa shape index (κ1) is 9.75. The lowest BCUT2D eigenvalue weighted by Crippen LogP contribution is -2.38. The molecule has 0 aromatic carbocycles. The Morgan fingerprint density at radius 2 is 2.42 bits per heavy atom. The molecule has 0 aromatic heterocycles. The summed E-state index contributed by atoms with van der Waals surface area (Å²) < 4.78 is 5.46. The zero-order valence-corrected chi connectivity index (χ0v) is 7.88. The molecule has 1 aliphatic heterocycles. The Hall–Kier alpha value is -0.340. The van der Waals surface area contributed by atoms with Crippen LogP contribution in [0.4, 0.5) is 0 Å². The average Bonchev–Trinajstić information content (AvgIpc) is 2.16. The Morgan fingerprint density at radius 3 is 2.92 bits per heavy atom. The molecule has 0 radical (unpaired) electrons. The highest BCUT2D eigenvalue weighted by atomic mass is 16.5. The van der Waals surface area contributed by atoms with Gasteiger partial charge in [-0.2, -0.15) is 0 Å². The minimum absolute atomic E-state index is 0.241. The van der Waals surface area contributed by atoms with Gasteiger partial charge < -0.3 is 10.5 Å². The zero-order chi connectivity index (χ0) is 8.86. The lowest BCUT2D eigenvalue weighted by Gasteiger charge is -2.35. The molecule has 0 spiro atoms. The highest BCUT2D eigenvalue weighted by molar-refractivity contribution is 4.91. The molecule has 0 bridgehead atoms. The highest BCUT2D eigenvalue weighted by Crippen LogP contribution is 2.31. The van der Waals surface area contributed by atoms with E-state index in [4.69, 9.17) is 10.5 Å². The Labute approximate surface area is 74.8 Å². The summed E-state index contributed by atoms with van der Waals surface area (Å²) >= 11 is 0. The lowest BCUT2D eigenvalue weighted by atomic mass is 9.79. The molecule has 1 fully saturated rings. The van der Waals surface area contributed by atoms with Crippen molar-refractivity contribution in [2.75, 3.05) is 19.8 Å². The number of ether oxygens (including phenoxy) is 1. The average molecular weight is 169 g/mol. The Balaban J connectivity index is 2.47. The standard InChI is InChI=1S/C10H19NO/c1-2-3-5-10(8-11)6-4-7-12-9-10/h2-3H,4-9,11H2,1H3/b3-2+. The number of hydrogen-bond acceptors (Lipinski definition) is 2. The van der Waals surface area contributed by atoms with Gasteiger partial charge >= 0.3 is 0 Å². The monoisotopic (exact) mass is 169 g/mol. The highest BCUT2D eigenvalue weighted by Gasteiger charge is 2.29. The minimum atomic E-state index is 0.241. The predicted molar refractivity (Wildman–Crippen MR) is 51.0 cm³/mol. The molecule has 12 heavy (non-hydrogen) atoms. The number of allylic oxidation sites excluding steroid dienone is 2. The van der Waals surface area contributed by atoms with Gasteiger partial charge in [-0.25, -0.2) is 0 Å². The molecule has 2 nitrogen and oxygen atoms in total. The zero-order valence-electron chi connectivity index (χ0n) is 7.88. The van der Waals surface area contributed by atoms with Crippen LogP contribution in [0.3, 0.4) is 0 Å². The van der Waals surface area contributed by atoms with E-state index in [0.717, 1.165) is 32.6 Å². The maximum Gasteiger partial charge on any atom is 0.0537 e. The summed E-state index contributed by atoms with van der Waals surface area (Å²) in [6.45, 7) is 4.55. The van der Waals surface area contributed by atoms with Crippen molar-refractivity contribution in [1.29, 1.82) is 0 Å². The summed E-state index contributed by atoms with van der Waals surface area (Å²) in [4.78, 5) is 0. The molecule has 0 saturated carbocycles. The molecule has 2 heteroatoms. The van der Waals surface area contributed by atoms with Gasteiger partial charge in [-0.1, -0.05) is 12.2 Å². The first-order chi connectivity index (χ1) is 5.83. The Morgan fingerprint density at radius 1 is 1.58 bits per heavy atom. The van der Waals surface area contributed by atoms with Crippen LogP contribution < -0.4 is 5.73 Å². The first-order valence-corrected chi connectivity index (χ1v) is 4.72. The maximum atomic E-state index is 5.77. The van der Waals surface area contributed by atoms with Crippen molar-refractivity contribution in [3.05, 3.63) is 12.2 Å². The van der Waals surface area contributed by atoms with Gasteiger partial charge in [0.25, 0.3) is 0 Å². The summed E-state index contributed by atoms with van der Waals surface area (Å²) in [6.07, 6.45) is 7.73. The summed E-state index contributed by atoms with van der Waals surface area (Å²) in [7, 11) is 0. The maximum absolute atomic E-state index is 5.77. The normalized spacial score (nSPS) is 31.2. The second kappa shape index (κ2) is 4.63. The van der Waals surface area contributed by atoms with Gasteiger partial charge in [0.2, 0.25) is 0 Å². The molecule has 0 amide bonds. The van der Waals surface area contributed by atoms with E-state index in [2.05, 4.69) is 12.2 Å². The van der Waals surface area contributed by atoms with Crippen LogP contribution in [-0.2, 0) is 4.74 Å². The van der Waals surface area contributed by atoms with Crippen molar-refractivity contribution in [1.82, 2.24) is 0 Å². The second-order valence-electron chi connectivity index (χ2n) is 3.63. The van der Waals surface area contributed by atoms with Crippen molar-refractivity contribution in [3.8, 4) is 0 Å². The van der Waals surface area contributed by atoms with Gasteiger partial charge in [0.05, 0.1) is 6.61 Å². The smallest absolute Gasteiger partial charge is 0.0537 e. The molecule has 2 N–H and O–H groups in total. The third-order valence-electron chi connectivity index (χ3n) is 2.62. The van der Waals surface area contributed by atoms with E-state index < -0.39 is 0 Å². The van der Waals surface area contributed by atoms with Gasteiger partial charge in [0.1, 0.15) is 0 Å². The topological polar surface area (TPSA) is 35.2 Å². The van der Waals surface area contributed by atoms with Crippen molar-refractivity contribution < 1.29 is 4.74 Å². The van der Waals surface area contributed by atoms with Crippen LogP contribution in [-0.4, -0.2) is 19.8 Å². The van der Waals surface area contributed by atoms with Gasteiger partial charge in [0, 0.05) is 18.6 Å². The number of rotatable bonds is 3.